The molecule has 4 heteroatoms. The van der Waals surface area contributed by atoms with Crippen molar-refractivity contribution in [3.05, 3.63) is 29.8 Å². The number of ether oxygens (including phenoxy) is 1. The van der Waals surface area contributed by atoms with Gasteiger partial charge in [0.2, 0.25) is 0 Å². The van der Waals surface area contributed by atoms with E-state index in [-0.39, 0.29) is 12.6 Å². The van der Waals surface area contributed by atoms with Crippen molar-refractivity contribution in [1.82, 2.24) is 5.32 Å². The first-order chi connectivity index (χ1) is 8.33. The largest absolute Gasteiger partial charge is 0.490 e. The SMILES string of the molecule is N#CC(COc1ccccc1CO)NC1CC1. The van der Waals surface area contributed by atoms with E-state index in [1.165, 1.54) is 0 Å². The molecule has 2 rings (SSSR count). The molecule has 17 heavy (non-hydrogen) atoms. The number of para-hydroxylation sites is 1. The van der Waals surface area contributed by atoms with E-state index < -0.39 is 0 Å². The van der Waals surface area contributed by atoms with E-state index in [1.54, 1.807) is 6.07 Å². The zero-order chi connectivity index (χ0) is 12.1. The maximum absolute atomic E-state index is 9.14. The number of nitrogens with one attached hydrogen (secondary N) is 1. The van der Waals surface area contributed by atoms with Gasteiger partial charge in [-0.3, -0.25) is 5.32 Å². The highest BCUT2D eigenvalue weighted by atomic mass is 16.5. The zero-order valence-electron chi connectivity index (χ0n) is 9.60. The molecule has 1 aliphatic carbocycles. The van der Waals surface area contributed by atoms with Crippen molar-refractivity contribution in [2.45, 2.75) is 31.5 Å². The first-order valence-electron chi connectivity index (χ1n) is 5.80. The number of aliphatic hydroxyl groups is 1. The van der Waals surface area contributed by atoms with Gasteiger partial charge in [-0.2, -0.15) is 5.26 Å². The fourth-order valence-corrected chi connectivity index (χ4v) is 1.61. The lowest BCUT2D eigenvalue weighted by atomic mass is 10.2. The molecule has 0 aromatic heterocycles. The summed E-state index contributed by atoms with van der Waals surface area (Å²) >= 11 is 0. The highest BCUT2D eigenvalue weighted by Crippen LogP contribution is 2.20. The monoisotopic (exact) mass is 232 g/mol. The van der Waals surface area contributed by atoms with E-state index in [0.717, 1.165) is 18.4 Å². The fraction of sp³-hybridized carbons (Fsp3) is 0.462. The van der Waals surface area contributed by atoms with Crippen LogP contribution in [-0.2, 0) is 6.61 Å². The van der Waals surface area contributed by atoms with Gasteiger partial charge >= 0.3 is 0 Å². The molecule has 0 bridgehead atoms. The van der Waals surface area contributed by atoms with Crippen molar-refractivity contribution in [3.63, 3.8) is 0 Å². The van der Waals surface area contributed by atoms with Gasteiger partial charge in [0.1, 0.15) is 18.4 Å². The highest BCUT2D eigenvalue weighted by Gasteiger charge is 2.24. The van der Waals surface area contributed by atoms with Crippen LogP contribution >= 0.6 is 0 Å². The van der Waals surface area contributed by atoms with Crippen molar-refractivity contribution >= 4 is 0 Å². The highest BCUT2D eigenvalue weighted by molar-refractivity contribution is 5.32. The maximum Gasteiger partial charge on any atom is 0.130 e. The summed E-state index contributed by atoms with van der Waals surface area (Å²) in [6, 6.07) is 9.70. The molecule has 1 unspecified atom stereocenters. The quantitative estimate of drug-likeness (QED) is 0.773. The minimum atomic E-state index is -0.283. The molecule has 1 aromatic rings. The van der Waals surface area contributed by atoms with Gasteiger partial charge in [0.15, 0.2) is 0 Å². The van der Waals surface area contributed by atoms with E-state index in [1.807, 2.05) is 18.2 Å². The van der Waals surface area contributed by atoms with Crippen molar-refractivity contribution in [1.29, 1.82) is 5.26 Å². The molecule has 0 saturated heterocycles. The molecule has 0 heterocycles. The third-order valence-electron chi connectivity index (χ3n) is 2.72. The summed E-state index contributed by atoms with van der Waals surface area (Å²) in [7, 11) is 0. The van der Waals surface area contributed by atoms with Gasteiger partial charge < -0.3 is 9.84 Å². The molecule has 90 valence electrons. The second-order valence-electron chi connectivity index (χ2n) is 4.20. The minimum absolute atomic E-state index is 0.0521. The Hall–Kier alpha value is -1.57. The molecule has 0 aliphatic heterocycles. The van der Waals surface area contributed by atoms with E-state index in [9.17, 15) is 0 Å². The Morgan fingerprint density at radius 1 is 1.47 bits per heavy atom. The number of aliphatic hydroxyl groups excluding tert-OH is 1. The van der Waals surface area contributed by atoms with Gasteiger partial charge in [-0.1, -0.05) is 18.2 Å². The number of nitrogens with zero attached hydrogens (tertiary/aromatic N) is 1. The summed E-state index contributed by atoms with van der Waals surface area (Å²) < 4.78 is 5.56. The van der Waals surface area contributed by atoms with Gasteiger partial charge in [0, 0.05) is 11.6 Å². The molecule has 0 radical (unpaired) electrons. The Morgan fingerprint density at radius 3 is 2.88 bits per heavy atom. The summed E-state index contributed by atoms with van der Waals surface area (Å²) in [6.45, 7) is 0.257. The lowest BCUT2D eigenvalue weighted by Gasteiger charge is -2.14. The summed E-state index contributed by atoms with van der Waals surface area (Å²) in [5, 5.41) is 21.3. The summed E-state index contributed by atoms with van der Waals surface area (Å²) in [5.74, 6) is 0.646. The van der Waals surface area contributed by atoms with E-state index in [0.29, 0.717) is 18.4 Å². The van der Waals surface area contributed by atoms with Gasteiger partial charge in [0.25, 0.3) is 0 Å². The van der Waals surface area contributed by atoms with Crippen LogP contribution in [0.15, 0.2) is 24.3 Å². The number of hydrogen-bond acceptors (Lipinski definition) is 4. The zero-order valence-corrected chi connectivity index (χ0v) is 9.60. The van der Waals surface area contributed by atoms with Gasteiger partial charge in [-0.25, -0.2) is 0 Å². The minimum Gasteiger partial charge on any atom is -0.490 e. The Kier molecular flexibility index (Phi) is 3.97. The van der Waals surface area contributed by atoms with Crippen molar-refractivity contribution in [2.24, 2.45) is 0 Å². The van der Waals surface area contributed by atoms with Crippen LogP contribution in [-0.4, -0.2) is 23.8 Å². The number of hydrogen-bond donors (Lipinski definition) is 2. The molecule has 1 aliphatic rings. The van der Waals surface area contributed by atoms with Crippen LogP contribution in [0.1, 0.15) is 18.4 Å². The molecule has 2 N–H and O–H groups in total. The molecule has 0 spiro atoms. The van der Waals surface area contributed by atoms with Crippen molar-refractivity contribution in [2.75, 3.05) is 6.61 Å². The summed E-state index contributed by atoms with van der Waals surface area (Å²) in [6.07, 6.45) is 2.29. The molecule has 0 amide bonds. The lowest BCUT2D eigenvalue weighted by molar-refractivity contribution is 0.254. The molecule has 1 atom stereocenters. The predicted molar refractivity (Wildman–Crippen MR) is 63.4 cm³/mol. The van der Waals surface area contributed by atoms with Crippen LogP contribution in [0.25, 0.3) is 0 Å². The third kappa shape index (κ3) is 3.45. The molecule has 1 fully saturated rings. The number of benzene rings is 1. The average Bonchev–Trinajstić information content (AvgIpc) is 3.18. The maximum atomic E-state index is 9.14. The van der Waals surface area contributed by atoms with Crippen LogP contribution in [0.5, 0.6) is 5.75 Å². The fourth-order valence-electron chi connectivity index (χ4n) is 1.61. The van der Waals surface area contributed by atoms with Crippen LogP contribution in [0.3, 0.4) is 0 Å². The Labute approximate surface area is 101 Å². The smallest absolute Gasteiger partial charge is 0.130 e. The lowest BCUT2D eigenvalue weighted by Crippen LogP contribution is -2.34. The third-order valence-corrected chi connectivity index (χ3v) is 2.72. The molecule has 4 nitrogen and oxygen atoms in total. The van der Waals surface area contributed by atoms with Gasteiger partial charge in [-0.15, -0.1) is 0 Å². The standard InChI is InChI=1S/C13H16N2O2/c14-7-12(15-11-5-6-11)9-17-13-4-2-1-3-10(13)8-16/h1-4,11-12,15-16H,5-6,8-9H2. The second kappa shape index (κ2) is 5.67. The normalized spacial score (nSPS) is 16.2. The average molecular weight is 232 g/mol. The van der Waals surface area contributed by atoms with Crippen LogP contribution < -0.4 is 10.1 Å². The van der Waals surface area contributed by atoms with Crippen LogP contribution in [0.2, 0.25) is 0 Å². The molecule has 1 saturated carbocycles. The van der Waals surface area contributed by atoms with Crippen LogP contribution in [0, 0.1) is 11.3 Å². The first kappa shape index (κ1) is 11.9. The predicted octanol–water partition coefficient (Wildman–Crippen LogP) is 1.20. The number of rotatable bonds is 6. The van der Waals surface area contributed by atoms with E-state index in [2.05, 4.69) is 11.4 Å². The summed E-state index contributed by atoms with van der Waals surface area (Å²) in [4.78, 5) is 0. The number of nitriles is 1. The molecular weight excluding hydrogens is 216 g/mol. The van der Waals surface area contributed by atoms with Gasteiger partial charge in [-0.05, 0) is 18.9 Å². The van der Waals surface area contributed by atoms with Crippen molar-refractivity contribution in [3.8, 4) is 11.8 Å². The molecule has 1 aromatic carbocycles. The van der Waals surface area contributed by atoms with Crippen LogP contribution in [0.4, 0.5) is 0 Å². The van der Waals surface area contributed by atoms with E-state index in [4.69, 9.17) is 15.1 Å². The summed E-state index contributed by atoms with van der Waals surface area (Å²) in [5.41, 5.74) is 0.746. The second-order valence-corrected chi connectivity index (χ2v) is 4.20. The van der Waals surface area contributed by atoms with E-state index >= 15 is 0 Å². The van der Waals surface area contributed by atoms with Crippen molar-refractivity contribution < 1.29 is 9.84 Å². The Bertz CT molecular complexity index is 410. The first-order valence-corrected chi connectivity index (χ1v) is 5.80. The Balaban J connectivity index is 1.89. The molecular formula is C13H16N2O2. The topological polar surface area (TPSA) is 65.3 Å². The Morgan fingerprint density at radius 2 is 2.24 bits per heavy atom. The van der Waals surface area contributed by atoms with Gasteiger partial charge in [0.05, 0.1) is 12.7 Å².